The Kier molecular flexibility index (Phi) is 6.67. The number of thiazole rings is 1. The lowest BCUT2D eigenvalue weighted by Gasteiger charge is -2.13. The number of carbonyl (C=O) groups is 3. The Morgan fingerprint density at radius 3 is 2.58 bits per heavy atom. The predicted molar refractivity (Wildman–Crippen MR) is 97.5 cm³/mol. The lowest BCUT2D eigenvalue weighted by Crippen LogP contribution is -2.29. The number of carbonyl (C=O) groups excluding carboxylic acids is 2. The summed E-state index contributed by atoms with van der Waals surface area (Å²) in [7, 11) is 0. The van der Waals surface area contributed by atoms with E-state index >= 15 is 0 Å². The maximum atomic E-state index is 12.1. The van der Waals surface area contributed by atoms with Crippen LogP contribution in [0.1, 0.15) is 19.5 Å². The van der Waals surface area contributed by atoms with Gasteiger partial charge in [0.2, 0.25) is 0 Å². The van der Waals surface area contributed by atoms with E-state index in [0.29, 0.717) is 29.7 Å². The highest BCUT2D eigenvalue weighted by Crippen LogP contribution is 2.24. The molecule has 1 aromatic carbocycles. The first-order valence-electron chi connectivity index (χ1n) is 7.85. The quantitative estimate of drug-likeness (QED) is 0.638. The molecule has 0 radical (unpaired) electrons. The third kappa shape index (κ3) is 5.85. The molecule has 2 rings (SSSR count). The SMILES string of the molecule is CC(C)COc1ccccc1NC(=O)C(=O)Nc1nc(CC(=O)O)cs1. The molecular weight excluding hydrogens is 358 g/mol. The van der Waals surface area contributed by atoms with Crippen molar-refractivity contribution in [3.05, 3.63) is 35.3 Å². The Balaban J connectivity index is 1.98. The summed E-state index contributed by atoms with van der Waals surface area (Å²) in [5.41, 5.74) is 0.699. The molecule has 0 aliphatic carbocycles. The number of carboxylic acid groups (broad SMARTS) is 1. The average molecular weight is 377 g/mol. The Labute approximate surface area is 154 Å². The van der Waals surface area contributed by atoms with E-state index < -0.39 is 17.8 Å². The first kappa shape index (κ1) is 19.4. The molecule has 0 bridgehead atoms. The van der Waals surface area contributed by atoms with Crippen LogP contribution >= 0.6 is 11.3 Å². The molecule has 9 heteroatoms. The molecule has 0 aliphatic rings. The van der Waals surface area contributed by atoms with Crippen LogP contribution in [0.4, 0.5) is 10.8 Å². The van der Waals surface area contributed by atoms with Gasteiger partial charge in [0.05, 0.1) is 24.4 Å². The molecule has 8 nitrogen and oxygen atoms in total. The molecule has 0 unspecified atom stereocenters. The topological polar surface area (TPSA) is 118 Å². The molecule has 0 aliphatic heterocycles. The number of amides is 2. The van der Waals surface area contributed by atoms with Gasteiger partial charge in [-0.25, -0.2) is 4.98 Å². The number of nitrogens with zero attached hydrogens (tertiary/aromatic N) is 1. The summed E-state index contributed by atoms with van der Waals surface area (Å²) in [5, 5.41) is 15.2. The smallest absolute Gasteiger partial charge is 0.315 e. The highest BCUT2D eigenvalue weighted by Gasteiger charge is 2.18. The normalized spacial score (nSPS) is 10.4. The van der Waals surface area contributed by atoms with Crippen molar-refractivity contribution in [1.82, 2.24) is 4.98 Å². The maximum Gasteiger partial charge on any atom is 0.315 e. The fourth-order valence-corrected chi connectivity index (χ4v) is 2.59. The largest absolute Gasteiger partial charge is 0.491 e. The van der Waals surface area contributed by atoms with Gasteiger partial charge in [-0.1, -0.05) is 26.0 Å². The van der Waals surface area contributed by atoms with E-state index in [4.69, 9.17) is 9.84 Å². The van der Waals surface area contributed by atoms with Crippen molar-refractivity contribution < 1.29 is 24.2 Å². The van der Waals surface area contributed by atoms with Gasteiger partial charge in [-0.15, -0.1) is 11.3 Å². The molecule has 0 fully saturated rings. The van der Waals surface area contributed by atoms with E-state index in [9.17, 15) is 14.4 Å². The summed E-state index contributed by atoms with van der Waals surface area (Å²) >= 11 is 1.05. The molecule has 2 aromatic rings. The minimum absolute atomic E-state index is 0.158. The molecule has 138 valence electrons. The fraction of sp³-hybridized carbons (Fsp3) is 0.294. The lowest BCUT2D eigenvalue weighted by atomic mass is 10.2. The van der Waals surface area contributed by atoms with E-state index in [1.807, 2.05) is 13.8 Å². The summed E-state index contributed by atoms with van der Waals surface area (Å²) in [4.78, 5) is 38.7. The molecule has 3 N–H and O–H groups in total. The number of nitrogens with one attached hydrogen (secondary N) is 2. The van der Waals surface area contributed by atoms with Gasteiger partial charge in [0.1, 0.15) is 5.75 Å². The van der Waals surface area contributed by atoms with Crippen LogP contribution in [0, 0.1) is 5.92 Å². The van der Waals surface area contributed by atoms with E-state index in [2.05, 4.69) is 15.6 Å². The van der Waals surface area contributed by atoms with Crippen LogP contribution in [0.2, 0.25) is 0 Å². The van der Waals surface area contributed by atoms with Crippen molar-refractivity contribution in [2.45, 2.75) is 20.3 Å². The minimum Gasteiger partial charge on any atom is -0.491 e. The number of hydrogen-bond acceptors (Lipinski definition) is 6. The summed E-state index contributed by atoms with van der Waals surface area (Å²) in [6, 6.07) is 6.82. The Morgan fingerprint density at radius 2 is 1.88 bits per heavy atom. The van der Waals surface area contributed by atoms with Crippen LogP contribution in [0.5, 0.6) is 5.75 Å². The number of aromatic nitrogens is 1. The number of aliphatic carboxylic acids is 1. The van der Waals surface area contributed by atoms with Crippen LogP contribution in [-0.2, 0) is 20.8 Å². The fourth-order valence-electron chi connectivity index (χ4n) is 1.89. The van der Waals surface area contributed by atoms with Gasteiger partial charge in [0.25, 0.3) is 0 Å². The van der Waals surface area contributed by atoms with Gasteiger partial charge in [0.15, 0.2) is 5.13 Å². The molecule has 1 heterocycles. The van der Waals surface area contributed by atoms with Crippen molar-refractivity contribution in [2.75, 3.05) is 17.2 Å². The lowest BCUT2D eigenvalue weighted by molar-refractivity contribution is -0.136. The molecule has 0 spiro atoms. The zero-order valence-electron chi connectivity index (χ0n) is 14.3. The molecule has 0 saturated carbocycles. The Hall–Kier alpha value is -2.94. The van der Waals surface area contributed by atoms with E-state index in [1.165, 1.54) is 5.38 Å². The first-order chi connectivity index (χ1) is 12.3. The Morgan fingerprint density at radius 1 is 1.19 bits per heavy atom. The number of benzene rings is 1. The first-order valence-corrected chi connectivity index (χ1v) is 8.73. The third-order valence-electron chi connectivity index (χ3n) is 3.02. The van der Waals surface area contributed by atoms with Gasteiger partial charge in [0, 0.05) is 5.38 Å². The van der Waals surface area contributed by atoms with Gasteiger partial charge >= 0.3 is 17.8 Å². The standard InChI is InChI=1S/C17H19N3O5S/c1-10(2)8-25-13-6-4-3-5-12(13)19-15(23)16(24)20-17-18-11(9-26-17)7-14(21)22/h3-6,9-10H,7-8H2,1-2H3,(H,19,23)(H,21,22)(H,18,20,24). The predicted octanol–water partition coefficient (Wildman–Crippen LogP) is 2.38. The molecule has 1 aromatic heterocycles. The molecule has 26 heavy (non-hydrogen) atoms. The number of ether oxygens (including phenoxy) is 1. The van der Waals surface area contributed by atoms with Gasteiger partial charge < -0.3 is 15.2 Å². The second kappa shape index (κ2) is 8.95. The minimum atomic E-state index is -1.02. The molecule has 0 atom stereocenters. The zero-order chi connectivity index (χ0) is 19.1. The molecule has 2 amide bonds. The number of para-hydroxylation sites is 2. The number of hydrogen-bond donors (Lipinski definition) is 3. The van der Waals surface area contributed by atoms with Crippen molar-refractivity contribution in [2.24, 2.45) is 5.92 Å². The highest BCUT2D eigenvalue weighted by atomic mass is 32.1. The van der Waals surface area contributed by atoms with Gasteiger partial charge in [-0.2, -0.15) is 0 Å². The van der Waals surface area contributed by atoms with Crippen LogP contribution in [-0.4, -0.2) is 34.5 Å². The Bertz CT molecular complexity index is 803. The van der Waals surface area contributed by atoms with Crippen LogP contribution < -0.4 is 15.4 Å². The summed E-state index contributed by atoms with van der Waals surface area (Å²) in [5.74, 6) is -2.02. The number of anilines is 2. The van der Waals surface area contributed by atoms with Crippen molar-refractivity contribution in [3.63, 3.8) is 0 Å². The number of carboxylic acids is 1. The molecular formula is C17H19N3O5S. The number of rotatable bonds is 7. The summed E-state index contributed by atoms with van der Waals surface area (Å²) < 4.78 is 5.63. The monoisotopic (exact) mass is 377 g/mol. The maximum absolute atomic E-state index is 12.1. The van der Waals surface area contributed by atoms with Crippen molar-refractivity contribution in [3.8, 4) is 5.75 Å². The van der Waals surface area contributed by atoms with Gasteiger partial charge in [-0.05, 0) is 18.1 Å². The van der Waals surface area contributed by atoms with Crippen molar-refractivity contribution in [1.29, 1.82) is 0 Å². The van der Waals surface area contributed by atoms with Crippen LogP contribution in [0.25, 0.3) is 0 Å². The van der Waals surface area contributed by atoms with E-state index in [1.54, 1.807) is 24.3 Å². The van der Waals surface area contributed by atoms with E-state index in [-0.39, 0.29) is 11.6 Å². The van der Waals surface area contributed by atoms with Gasteiger partial charge in [-0.3, -0.25) is 19.7 Å². The summed E-state index contributed by atoms with van der Waals surface area (Å²) in [6.07, 6.45) is -0.251. The summed E-state index contributed by atoms with van der Waals surface area (Å²) in [6.45, 7) is 4.48. The van der Waals surface area contributed by atoms with Crippen LogP contribution in [0.15, 0.2) is 29.6 Å². The zero-order valence-corrected chi connectivity index (χ0v) is 15.1. The third-order valence-corrected chi connectivity index (χ3v) is 3.82. The second-order valence-electron chi connectivity index (χ2n) is 5.82. The highest BCUT2D eigenvalue weighted by molar-refractivity contribution is 7.14. The average Bonchev–Trinajstić information content (AvgIpc) is 3.00. The van der Waals surface area contributed by atoms with Crippen molar-refractivity contribution >= 4 is 39.9 Å². The molecule has 0 saturated heterocycles. The van der Waals surface area contributed by atoms with Crippen LogP contribution in [0.3, 0.4) is 0 Å². The van der Waals surface area contributed by atoms with E-state index in [0.717, 1.165) is 11.3 Å². The second-order valence-corrected chi connectivity index (χ2v) is 6.68.